The van der Waals surface area contributed by atoms with E-state index in [1.54, 1.807) is 0 Å². The first-order valence-corrected chi connectivity index (χ1v) is 17.8. The molecule has 0 aromatic rings. The van der Waals surface area contributed by atoms with Crippen LogP contribution in [0.5, 0.6) is 0 Å². The smallest absolute Gasteiger partial charge is 0.376 e. The molecule has 4 nitrogen and oxygen atoms in total. The van der Waals surface area contributed by atoms with Gasteiger partial charge in [-0.2, -0.15) is 149 Å². The van der Waals surface area contributed by atoms with Crippen LogP contribution < -0.4 is 0 Å². The molecule has 0 saturated heterocycles. The maximum Gasteiger partial charge on any atom is 0.435 e. The molecule has 0 rings (SSSR count). The van der Waals surface area contributed by atoms with E-state index in [-0.39, 0.29) is 0 Å². The Balaban J connectivity index is 8.93. The second-order valence-corrected chi connectivity index (χ2v) is 14.9. The molecule has 0 fully saturated rings. The van der Waals surface area contributed by atoms with Crippen LogP contribution in [-0.4, -0.2) is 137 Å². The standard InChI is InChI=1S/C33H22F38O4/c1-11(15(20(38,26(48,49)50)27(51,52)53)21(39,28(54,55)56)29(57,58)59)3-72-7-19(9-74-5-13(17(34)35)24(42,43)44,10-75-6-14(18(36)37)25(45,46)47)8-73-4-12(2)16(22(40,30(60,61)62)31(63,64)65)23(41,32(66,67)68)33(69,70)71/h3-10H2,1-2H3. The summed E-state index contributed by atoms with van der Waals surface area (Å²) in [7, 11) is 0. The highest BCUT2D eigenvalue weighted by molar-refractivity contribution is 5.41. The van der Waals surface area contributed by atoms with Crippen LogP contribution in [0.3, 0.4) is 0 Å². The number of hydrogen-bond acceptors (Lipinski definition) is 4. The highest BCUT2D eigenvalue weighted by atomic mass is 19.5. The molecule has 0 amide bonds. The van der Waals surface area contributed by atoms with E-state index >= 15 is 17.6 Å². The topological polar surface area (TPSA) is 36.9 Å². The molecule has 0 aliphatic rings. The van der Waals surface area contributed by atoms with E-state index in [9.17, 15) is 149 Å². The molecule has 0 aliphatic carbocycles. The second kappa shape index (κ2) is 22.5. The van der Waals surface area contributed by atoms with Gasteiger partial charge in [-0.15, -0.1) is 0 Å². The van der Waals surface area contributed by atoms with E-state index in [1.807, 2.05) is 0 Å². The van der Waals surface area contributed by atoms with Crippen molar-refractivity contribution in [1.29, 1.82) is 0 Å². The van der Waals surface area contributed by atoms with Gasteiger partial charge in [0.1, 0.15) is 11.1 Å². The average Bonchev–Trinajstić information content (AvgIpc) is 3.13. The number of alkyl halides is 34. The molecular formula is C33H22F38O4. The predicted octanol–water partition coefficient (Wildman–Crippen LogP) is 15.4. The third-order valence-electron chi connectivity index (χ3n) is 9.26. The normalized spacial score (nSPS) is 15.0. The lowest BCUT2D eigenvalue weighted by Gasteiger charge is -2.41. The first kappa shape index (κ1) is 71.1. The van der Waals surface area contributed by atoms with Crippen molar-refractivity contribution < 1.29 is 186 Å². The quantitative estimate of drug-likeness (QED) is 0.0899. The van der Waals surface area contributed by atoms with Gasteiger partial charge in [-0.05, 0) is 25.0 Å². The van der Waals surface area contributed by atoms with Crippen LogP contribution in [0.2, 0.25) is 0 Å². The Labute approximate surface area is 388 Å². The summed E-state index contributed by atoms with van der Waals surface area (Å²) in [6.07, 6.45) is -86.4. The number of rotatable bonds is 20. The number of allylic oxidation sites excluding steroid dienone is 2. The van der Waals surface area contributed by atoms with Crippen molar-refractivity contribution in [3.63, 3.8) is 0 Å². The van der Waals surface area contributed by atoms with Gasteiger partial charge in [0.25, 0.3) is 12.2 Å². The van der Waals surface area contributed by atoms with Gasteiger partial charge in [0.2, 0.25) is 0 Å². The van der Waals surface area contributed by atoms with E-state index in [0.717, 1.165) is 0 Å². The van der Waals surface area contributed by atoms with Crippen molar-refractivity contribution in [2.45, 2.75) is 98.3 Å². The SMILES string of the molecule is CC(COCC(COCC(C)=C(C(F)(C(F)(F)F)C(F)(F)F)C(F)(C(F)(F)F)C(F)(F)F)(COCC(=C(F)F)C(F)(F)F)COCC(=C(F)F)C(F)(F)F)=C(C(F)(C(F)(F)F)C(F)(F)F)C(F)(C(F)(F)F)C(F)(F)F. The van der Waals surface area contributed by atoms with E-state index in [2.05, 4.69) is 18.9 Å². The van der Waals surface area contributed by atoms with Crippen LogP contribution >= 0.6 is 0 Å². The van der Waals surface area contributed by atoms with Gasteiger partial charge >= 0.3 is 84.4 Å². The molecule has 0 saturated carbocycles. The first-order valence-electron chi connectivity index (χ1n) is 17.8. The zero-order valence-electron chi connectivity index (χ0n) is 35.2. The fraction of sp³-hybridized carbons (Fsp3) is 0.758. The summed E-state index contributed by atoms with van der Waals surface area (Å²) in [5.41, 5.74) is -60.5. The lowest BCUT2D eigenvalue weighted by molar-refractivity contribution is -0.365. The van der Waals surface area contributed by atoms with Crippen LogP contribution in [0.4, 0.5) is 167 Å². The van der Waals surface area contributed by atoms with Crippen LogP contribution in [0.15, 0.2) is 45.6 Å². The van der Waals surface area contributed by atoms with Gasteiger partial charge in [-0.3, -0.25) is 0 Å². The summed E-state index contributed by atoms with van der Waals surface area (Å²) in [5.74, 6) is 0. The first-order chi connectivity index (χ1) is 32.6. The lowest BCUT2D eigenvalue weighted by Crippen LogP contribution is -2.66. The third kappa shape index (κ3) is 14.8. The highest BCUT2D eigenvalue weighted by Gasteiger charge is 2.88. The Bertz CT molecular complexity index is 1770. The van der Waals surface area contributed by atoms with Gasteiger partial charge in [0.15, 0.2) is 0 Å². The number of ether oxygens (including phenoxy) is 4. The Morgan fingerprint density at radius 1 is 0.267 bits per heavy atom. The number of halogens is 38. The summed E-state index contributed by atoms with van der Waals surface area (Å²) in [6, 6.07) is 0. The summed E-state index contributed by atoms with van der Waals surface area (Å²) >= 11 is 0. The minimum Gasteiger partial charge on any atom is -0.376 e. The minimum atomic E-state index is -8.24. The molecule has 0 aromatic heterocycles. The minimum absolute atomic E-state index is 0.961. The monoisotopic (exact) mass is 1200 g/mol. The van der Waals surface area contributed by atoms with Crippen molar-refractivity contribution in [1.82, 2.24) is 0 Å². The molecule has 0 N–H and O–H groups in total. The van der Waals surface area contributed by atoms with E-state index in [0.29, 0.717) is 0 Å². The van der Waals surface area contributed by atoms with Gasteiger partial charge in [0.05, 0.1) is 58.3 Å². The van der Waals surface area contributed by atoms with Crippen molar-refractivity contribution >= 4 is 0 Å². The second-order valence-electron chi connectivity index (χ2n) is 14.9. The molecule has 0 atom stereocenters. The molecule has 0 radical (unpaired) electrons. The van der Waals surface area contributed by atoms with Crippen molar-refractivity contribution in [3.8, 4) is 0 Å². The van der Waals surface area contributed by atoms with Gasteiger partial charge < -0.3 is 18.9 Å². The maximum absolute atomic E-state index is 15.2. The molecule has 0 unspecified atom stereocenters. The Morgan fingerprint density at radius 3 is 0.560 bits per heavy atom. The van der Waals surface area contributed by atoms with Crippen LogP contribution in [-0.2, 0) is 18.9 Å². The van der Waals surface area contributed by atoms with E-state index in [4.69, 9.17) is 0 Å². The van der Waals surface area contributed by atoms with Gasteiger partial charge in [-0.25, -0.2) is 17.6 Å². The zero-order chi connectivity index (χ0) is 60.6. The lowest BCUT2D eigenvalue weighted by atomic mass is 9.78. The van der Waals surface area contributed by atoms with E-state index < -0.39 is 202 Å². The Morgan fingerprint density at radius 2 is 0.427 bits per heavy atom. The third-order valence-corrected chi connectivity index (χ3v) is 9.26. The fourth-order valence-electron chi connectivity index (χ4n) is 5.89. The molecule has 75 heavy (non-hydrogen) atoms. The largest absolute Gasteiger partial charge is 0.435 e. The van der Waals surface area contributed by atoms with Crippen LogP contribution in [0.25, 0.3) is 0 Å². The average molecular weight is 1200 g/mol. The summed E-state index contributed by atoms with van der Waals surface area (Å²) in [4.78, 5) is 0. The van der Waals surface area contributed by atoms with Crippen molar-refractivity contribution in [2.24, 2.45) is 5.41 Å². The highest BCUT2D eigenvalue weighted by Crippen LogP contribution is 2.64. The fourth-order valence-corrected chi connectivity index (χ4v) is 5.89. The molecule has 42 heteroatoms. The molecule has 0 spiro atoms. The molecule has 444 valence electrons. The van der Waals surface area contributed by atoms with Crippen molar-refractivity contribution in [2.75, 3.05) is 52.9 Å². The van der Waals surface area contributed by atoms with Crippen LogP contribution in [0, 0.1) is 5.41 Å². The Hall–Kier alpha value is -3.86. The molecule has 0 aliphatic heterocycles. The maximum atomic E-state index is 15.2. The predicted molar refractivity (Wildman–Crippen MR) is 165 cm³/mol. The molecule has 0 heterocycles. The van der Waals surface area contributed by atoms with E-state index in [1.165, 1.54) is 0 Å². The summed E-state index contributed by atoms with van der Waals surface area (Å²) in [6.45, 7) is -24.7. The van der Waals surface area contributed by atoms with Crippen LogP contribution in [0.1, 0.15) is 13.8 Å². The zero-order valence-corrected chi connectivity index (χ0v) is 35.2. The van der Waals surface area contributed by atoms with Crippen molar-refractivity contribution in [3.05, 3.63) is 45.6 Å². The molecule has 0 bridgehead atoms. The summed E-state index contributed by atoms with van der Waals surface area (Å²) in [5, 5.41) is 0. The Kier molecular flexibility index (Phi) is 21.3. The molecule has 0 aromatic carbocycles. The van der Waals surface area contributed by atoms with Gasteiger partial charge in [-0.1, -0.05) is 0 Å². The van der Waals surface area contributed by atoms with Gasteiger partial charge in [0, 0.05) is 11.1 Å². The molecular weight excluding hydrogens is 1180 g/mol. The number of hydrogen-bond donors (Lipinski definition) is 0. The summed E-state index contributed by atoms with van der Waals surface area (Å²) < 4.78 is 538.